The van der Waals surface area contributed by atoms with Gasteiger partial charge in [0.15, 0.2) is 5.78 Å². The van der Waals surface area contributed by atoms with Crippen molar-refractivity contribution in [3.8, 4) is 0 Å². The van der Waals surface area contributed by atoms with E-state index in [1.165, 1.54) is 5.57 Å². The van der Waals surface area contributed by atoms with Crippen LogP contribution in [0.5, 0.6) is 0 Å². The van der Waals surface area contributed by atoms with Crippen LogP contribution in [0.25, 0.3) is 0 Å². The first kappa shape index (κ1) is 25.8. The van der Waals surface area contributed by atoms with Crippen LogP contribution in [0, 0.1) is 39.4 Å². The Bertz CT molecular complexity index is 926. The fraction of sp³-hybridized carbons (Fsp3) is 0.800. The van der Waals surface area contributed by atoms with Crippen molar-refractivity contribution in [3.63, 3.8) is 0 Å². The van der Waals surface area contributed by atoms with Crippen molar-refractivity contribution < 1.29 is 19.8 Å². The molecule has 0 spiro atoms. The average Bonchev–Trinajstić information content (AvgIpc) is 3.07. The number of rotatable bonds is 6. The van der Waals surface area contributed by atoms with Crippen LogP contribution in [0.4, 0.5) is 0 Å². The molecule has 4 rings (SSSR count). The zero-order valence-electron chi connectivity index (χ0n) is 22.3. The van der Waals surface area contributed by atoms with Crippen LogP contribution in [0.3, 0.4) is 0 Å². The standard InChI is InChI=1S/C30H46O4/c1-19(17-31)8-7-9-20(18-32)21-10-15-30(6)26-22(11-14-29(21,30)5)28(4)13-12-25(34)27(2,3)24(28)16-23(26)33/h8,20-21,24,31-32H,7,9-18H2,1-6H3/b19-8+/t20-,21+,24-,28+,29+,30-/m0/s1. The first-order chi connectivity index (χ1) is 15.9. The Balaban J connectivity index is 1.69. The third-order valence-corrected chi connectivity index (χ3v) is 11.5. The lowest BCUT2D eigenvalue weighted by Gasteiger charge is -2.60. The number of carbonyl (C=O) groups excluding carboxylic acids is 2. The summed E-state index contributed by atoms with van der Waals surface area (Å²) in [5.74, 6) is 1.31. The molecule has 0 heterocycles. The minimum Gasteiger partial charge on any atom is -0.396 e. The quantitative estimate of drug-likeness (QED) is 0.480. The maximum Gasteiger partial charge on any atom is 0.159 e. The summed E-state index contributed by atoms with van der Waals surface area (Å²) >= 11 is 0. The van der Waals surface area contributed by atoms with Crippen molar-refractivity contribution in [1.82, 2.24) is 0 Å². The summed E-state index contributed by atoms with van der Waals surface area (Å²) in [6.07, 6.45) is 9.93. The van der Waals surface area contributed by atoms with E-state index in [-0.39, 0.29) is 47.1 Å². The van der Waals surface area contributed by atoms with Crippen LogP contribution in [0.2, 0.25) is 0 Å². The van der Waals surface area contributed by atoms with Gasteiger partial charge in [-0.05, 0) is 80.5 Å². The molecule has 0 unspecified atom stereocenters. The normalized spacial score (nSPS) is 40.6. The van der Waals surface area contributed by atoms with Crippen LogP contribution in [-0.4, -0.2) is 35.0 Å². The Morgan fingerprint density at radius 3 is 2.41 bits per heavy atom. The summed E-state index contributed by atoms with van der Waals surface area (Å²) in [6.45, 7) is 13.4. The molecule has 190 valence electrons. The van der Waals surface area contributed by atoms with Crippen molar-refractivity contribution in [2.45, 2.75) is 99.3 Å². The monoisotopic (exact) mass is 470 g/mol. The summed E-state index contributed by atoms with van der Waals surface area (Å²) < 4.78 is 0. The van der Waals surface area contributed by atoms with E-state index in [2.05, 4.69) is 40.7 Å². The zero-order chi connectivity index (χ0) is 25.1. The number of ketones is 2. The highest BCUT2D eigenvalue weighted by Crippen LogP contribution is 2.71. The zero-order valence-corrected chi connectivity index (χ0v) is 22.3. The number of Topliss-reactive ketones (excluding diaryl/α,β-unsaturated/α-hetero) is 2. The number of allylic oxidation sites excluding steroid dienone is 3. The van der Waals surface area contributed by atoms with Gasteiger partial charge >= 0.3 is 0 Å². The summed E-state index contributed by atoms with van der Waals surface area (Å²) in [7, 11) is 0. The second kappa shape index (κ2) is 8.69. The van der Waals surface area contributed by atoms with Crippen molar-refractivity contribution in [2.75, 3.05) is 13.2 Å². The average molecular weight is 471 g/mol. The molecule has 0 aromatic carbocycles. The van der Waals surface area contributed by atoms with E-state index in [0.717, 1.165) is 56.1 Å². The van der Waals surface area contributed by atoms with Gasteiger partial charge in [0.2, 0.25) is 0 Å². The minimum absolute atomic E-state index is 0.00612. The second-order valence-electron chi connectivity index (χ2n) is 13.2. The van der Waals surface area contributed by atoms with E-state index in [0.29, 0.717) is 24.5 Å². The summed E-state index contributed by atoms with van der Waals surface area (Å²) in [4.78, 5) is 26.7. The van der Waals surface area contributed by atoms with Gasteiger partial charge in [0.1, 0.15) is 5.78 Å². The van der Waals surface area contributed by atoms with E-state index in [1.807, 2.05) is 6.92 Å². The first-order valence-electron chi connectivity index (χ1n) is 13.5. The van der Waals surface area contributed by atoms with E-state index >= 15 is 0 Å². The molecule has 0 saturated heterocycles. The van der Waals surface area contributed by atoms with Crippen LogP contribution in [0.1, 0.15) is 99.3 Å². The van der Waals surface area contributed by atoms with Gasteiger partial charge in [-0.15, -0.1) is 0 Å². The lowest BCUT2D eigenvalue weighted by atomic mass is 9.43. The topological polar surface area (TPSA) is 74.6 Å². The Morgan fingerprint density at radius 2 is 1.76 bits per heavy atom. The second-order valence-corrected chi connectivity index (χ2v) is 13.2. The van der Waals surface area contributed by atoms with Gasteiger partial charge in [0.25, 0.3) is 0 Å². The predicted molar refractivity (Wildman–Crippen MR) is 135 cm³/mol. The third-order valence-electron chi connectivity index (χ3n) is 11.5. The summed E-state index contributed by atoms with van der Waals surface area (Å²) in [5, 5.41) is 19.7. The molecule has 0 radical (unpaired) electrons. The van der Waals surface area contributed by atoms with Gasteiger partial charge in [-0.2, -0.15) is 0 Å². The number of aliphatic hydroxyl groups is 2. The highest BCUT2D eigenvalue weighted by Gasteiger charge is 2.65. The Kier molecular flexibility index (Phi) is 6.60. The van der Waals surface area contributed by atoms with Crippen molar-refractivity contribution in [3.05, 3.63) is 22.8 Å². The van der Waals surface area contributed by atoms with E-state index in [4.69, 9.17) is 0 Å². The Morgan fingerprint density at radius 1 is 1.06 bits per heavy atom. The molecule has 2 N–H and O–H groups in total. The third kappa shape index (κ3) is 3.53. The molecule has 2 fully saturated rings. The van der Waals surface area contributed by atoms with E-state index in [1.54, 1.807) is 0 Å². The van der Waals surface area contributed by atoms with Crippen LogP contribution in [-0.2, 0) is 9.59 Å². The molecule has 0 aromatic heterocycles. The minimum atomic E-state index is -0.441. The summed E-state index contributed by atoms with van der Waals surface area (Å²) in [6, 6.07) is 0. The van der Waals surface area contributed by atoms with Gasteiger partial charge in [-0.25, -0.2) is 0 Å². The van der Waals surface area contributed by atoms with Crippen LogP contribution < -0.4 is 0 Å². The molecule has 6 atom stereocenters. The van der Waals surface area contributed by atoms with Gasteiger partial charge in [0, 0.05) is 35.9 Å². The summed E-state index contributed by atoms with van der Waals surface area (Å²) in [5.41, 5.74) is 2.79. The van der Waals surface area contributed by atoms with Crippen molar-refractivity contribution in [1.29, 1.82) is 0 Å². The molecule has 0 aliphatic heterocycles. The molecule has 4 aliphatic rings. The molecule has 0 amide bonds. The fourth-order valence-corrected chi connectivity index (χ4v) is 8.99. The van der Waals surface area contributed by atoms with E-state index < -0.39 is 5.41 Å². The predicted octanol–water partition coefficient (Wildman–Crippen LogP) is 5.81. The largest absolute Gasteiger partial charge is 0.396 e. The van der Waals surface area contributed by atoms with Gasteiger partial charge in [-0.3, -0.25) is 9.59 Å². The molecule has 0 bridgehead atoms. The molecule has 34 heavy (non-hydrogen) atoms. The Labute approximate surface area is 206 Å². The number of fused-ring (bicyclic) bond motifs is 4. The SMILES string of the molecule is C/C(=C\CC[C@@H](CO)[C@H]1CC[C@@]2(C)C3=C(CC[C@]12C)[C@@]1(C)CCC(=O)C(C)(C)[C@@H]1CC3=O)CO. The fourth-order valence-electron chi connectivity index (χ4n) is 8.99. The van der Waals surface area contributed by atoms with Crippen LogP contribution >= 0.6 is 0 Å². The number of hydrogen-bond donors (Lipinski definition) is 2. The number of aliphatic hydroxyl groups excluding tert-OH is 2. The molecule has 0 aromatic rings. The maximum atomic E-state index is 13.9. The highest BCUT2D eigenvalue weighted by atomic mass is 16.3. The van der Waals surface area contributed by atoms with Crippen molar-refractivity contribution in [2.24, 2.45) is 39.4 Å². The molecule has 2 saturated carbocycles. The smallest absolute Gasteiger partial charge is 0.159 e. The van der Waals surface area contributed by atoms with E-state index in [9.17, 15) is 19.8 Å². The lowest BCUT2D eigenvalue weighted by Crippen LogP contribution is -2.56. The highest BCUT2D eigenvalue weighted by molar-refractivity contribution is 6.00. The number of hydrogen-bond acceptors (Lipinski definition) is 4. The molecular weight excluding hydrogens is 424 g/mol. The maximum absolute atomic E-state index is 13.9. The first-order valence-corrected chi connectivity index (χ1v) is 13.5. The molecule has 4 heteroatoms. The Hall–Kier alpha value is -1.26. The molecule has 4 nitrogen and oxygen atoms in total. The van der Waals surface area contributed by atoms with Gasteiger partial charge in [0.05, 0.1) is 6.61 Å². The lowest BCUT2D eigenvalue weighted by molar-refractivity contribution is -0.142. The van der Waals surface area contributed by atoms with Crippen LogP contribution in [0.15, 0.2) is 22.8 Å². The van der Waals surface area contributed by atoms with Gasteiger partial charge < -0.3 is 10.2 Å². The molecular formula is C30H46O4. The van der Waals surface area contributed by atoms with Gasteiger partial charge in [-0.1, -0.05) is 51.8 Å². The van der Waals surface area contributed by atoms with Crippen molar-refractivity contribution >= 4 is 11.6 Å². The number of carbonyl (C=O) groups is 2. The molecule has 4 aliphatic carbocycles.